The second-order valence-corrected chi connectivity index (χ2v) is 8.01. The Hall–Kier alpha value is -1.65. The van der Waals surface area contributed by atoms with E-state index in [-0.39, 0.29) is 47.9 Å². The number of carbonyl (C=O) groups is 3. The summed E-state index contributed by atoms with van der Waals surface area (Å²) in [6.45, 7) is 5.70. The van der Waals surface area contributed by atoms with Crippen molar-refractivity contribution in [3.8, 4) is 0 Å². The molecular formula is C18H24N2O3. The van der Waals surface area contributed by atoms with Gasteiger partial charge < -0.3 is 4.90 Å². The number of likely N-dealkylation sites (tertiary alicyclic amines) is 2. The standard InChI is InChI=1S/C18H24N2O3/c1-10-5-11(2)8-19(7-10)14(21)9-20-17(22)15-12-3-4-13(6-12)16(15)18(20)23/h3-4,10-13,15-16H,5-9H2,1-2H3/t10-,11+,12-,13-,15-,16+/m0/s1. The van der Waals surface area contributed by atoms with Crippen LogP contribution < -0.4 is 0 Å². The van der Waals surface area contributed by atoms with Gasteiger partial charge in [-0.2, -0.15) is 0 Å². The number of fused-ring (bicyclic) bond motifs is 5. The summed E-state index contributed by atoms with van der Waals surface area (Å²) in [6, 6.07) is 0. The fraction of sp³-hybridized carbons (Fsp3) is 0.722. The van der Waals surface area contributed by atoms with E-state index >= 15 is 0 Å². The first-order chi connectivity index (χ1) is 11.0. The number of rotatable bonds is 2. The van der Waals surface area contributed by atoms with Crippen LogP contribution in [-0.2, 0) is 14.4 Å². The molecule has 2 aliphatic carbocycles. The minimum atomic E-state index is -0.204. The summed E-state index contributed by atoms with van der Waals surface area (Å²) in [5.74, 6) is 0.637. The third-order valence-corrected chi connectivity index (χ3v) is 6.08. The molecule has 2 aliphatic heterocycles. The van der Waals surface area contributed by atoms with Crippen molar-refractivity contribution in [3.05, 3.63) is 12.2 Å². The van der Waals surface area contributed by atoms with Gasteiger partial charge in [-0.15, -0.1) is 0 Å². The van der Waals surface area contributed by atoms with E-state index in [0.717, 1.165) is 25.9 Å². The molecule has 6 atom stereocenters. The molecule has 23 heavy (non-hydrogen) atoms. The maximum atomic E-state index is 12.6. The van der Waals surface area contributed by atoms with Crippen LogP contribution in [0.1, 0.15) is 26.7 Å². The summed E-state index contributed by atoms with van der Waals surface area (Å²) in [7, 11) is 0. The molecule has 4 aliphatic rings. The van der Waals surface area contributed by atoms with E-state index in [4.69, 9.17) is 0 Å². The fourth-order valence-corrected chi connectivity index (χ4v) is 5.22. The molecule has 3 fully saturated rings. The van der Waals surface area contributed by atoms with Crippen molar-refractivity contribution in [2.45, 2.75) is 26.7 Å². The average molecular weight is 316 g/mol. The molecule has 4 rings (SSSR count). The Bertz CT molecular complexity index is 559. The van der Waals surface area contributed by atoms with Crippen LogP contribution >= 0.6 is 0 Å². The highest BCUT2D eigenvalue weighted by Gasteiger charge is 2.59. The van der Waals surface area contributed by atoms with Gasteiger partial charge in [0.1, 0.15) is 6.54 Å². The zero-order valence-corrected chi connectivity index (χ0v) is 13.8. The van der Waals surface area contributed by atoms with Crippen LogP contribution in [-0.4, -0.2) is 47.2 Å². The molecule has 124 valence electrons. The second-order valence-electron chi connectivity index (χ2n) is 8.01. The molecular weight excluding hydrogens is 292 g/mol. The van der Waals surface area contributed by atoms with E-state index < -0.39 is 0 Å². The zero-order valence-electron chi connectivity index (χ0n) is 13.8. The predicted molar refractivity (Wildman–Crippen MR) is 84.0 cm³/mol. The first-order valence-electron chi connectivity index (χ1n) is 8.77. The SMILES string of the molecule is C[C@@H]1C[C@H](C)CN(C(=O)CN2C(=O)[C@@H]3[C@H](C2=O)[C@H]2C=C[C@H]3C2)C1. The highest BCUT2D eigenvalue weighted by Crippen LogP contribution is 2.52. The summed E-state index contributed by atoms with van der Waals surface area (Å²) in [6.07, 6.45) is 6.22. The van der Waals surface area contributed by atoms with Crippen LogP contribution in [0, 0.1) is 35.5 Å². The quantitative estimate of drug-likeness (QED) is 0.570. The number of piperidine rings is 1. The van der Waals surface area contributed by atoms with Gasteiger partial charge in [0.2, 0.25) is 17.7 Å². The Balaban J connectivity index is 1.46. The number of carbonyl (C=O) groups excluding carboxylic acids is 3. The van der Waals surface area contributed by atoms with Crippen LogP contribution in [0.5, 0.6) is 0 Å². The number of imide groups is 1. The molecule has 0 aromatic rings. The highest BCUT2D eigenvalue weighted by molar-refractivity contribution is 6.08. The topological polar surface area (TPSA) is 57.7 Å². The van der Waals surface area contributed by atoms with E-state index in [2.05, 4.69) is 26.0 Å². The monoisotopic (exact) mass is 316 g/mol. The van der Waals surface area contributed by atoms with Gasteiger partial charge in [-0.3, -0.25) is 19.3 Å². The Labute approximate surface area is 136 Å². The number of amides is 3. The third kappa shape index (κ3) is 2.24. The summed E-state index contributed by atoms with van der Waals surface area (Å²) >= 11 is 0. The van der Waals surface area contributed by atoms with Gasteiger partial charge in [-0.1, -0.05) is 26.0 Å². The van der Waals surface area contributed by atoms with Gasteiger partial charge in [-0.25, -0.2) is 0 Å². The molecule has 2 bridgehead atoms. The van der Waals surface area contributed by atoms with Gasteiger partial charge >= 0.3 is 0 Å². The second kappa shape index (κ2) is 5.18. The van der Waals surface area contributed by atoms with Crippen molar-refractivity contribution in [1.82, 2.24) is 9.80 Å². The van der Waals surface area contributed by atoms with Crippen LogP contribution in [0.15, 0.2) is 12.2 Å². The lowest BCUT2D eigenvalue weighted by Gasteiger charge is -2.35. The summed E-state index contributed by atoms with van der Waals surface area (Å²) in [4.78, 5) is 40.9. The molecule has 0 spiro atoms. The van der Waals surface area contributed by atoms with Crippen molar-refractivity contribution in [1.29, 1.82) is 0 Å². The minimum Gasteiger partial charge on any atom is -0.341 e. The summed E-state index contributed by atoms with van der Waals surface area (Å²) < 4.78 is 0. The van der Waals surface area contributed by atoms with Crippen LogP contribution in [0.4, 0.5) is 0 Å². The van der Waals surface area contributed by atoms with Crippen molar-refractivity contribution < 1.29 is 14.4 Å². The Kier molecular flexibility index (Phi) is 3.36. The lowest BCUT2D eigenvalue weighted by atomic mass is 9.85. The normalized spacial score (nSPS) is 41.8. The molecule has 5 nitrogen and oxygen atoms in total. The first-order valence-corrected chi connectivity index (χ1v) is 8.77. The van der Waals surface area contributed by atoms with Crippen molar-refractivity contribution in [3.63, 3.8) is 0 Å². The van der Waals surface area contributed by atoms with Crippen molar-refractivity contribution >= 4 is 17.7 Å². The highest BCUT2D eigenvalue weighted by atomic mass is 16.2. The van der Waals surface area contributed by atoms with Gasteiger partial charge in [0.25, 0.3) is 0 Å². The first kappa shape index (κ1) is 14.9. The molecule has 2 saturated heterocycles. The number of allylic oxidation sites excluding steroid dienone is 2. The van der Waals surface area contributed by atoms with Crippen LogP contribution in [0.3, 0.4) is 0 Å². The molecule has 5 heteroatoms. The summed E-state index contributed by atoms with van der Waals surface area (Å²) in [5.41, 5.74) is 0. The molecule has 2 heterocycles. The molecule has 0 N–H and O–H groups in total. The Morgan fingerprint density at radius 3 is 2.04 bits per heavy atom. The minimum absolute atomic E-state index is 0.0659. The van der Waals surface area contributed by atoms with E-state index in [1.807, 2.05) is 4.90 Å². The van der Waals surface area contributed by atoms with Gasteiger partial charge in [0.05, 0.1) is 11.8 Å². The molecule has 0 unspecified atom stereocenters. The van der Waals surface area contributed by atoms with E-state index in [1.54, 1.807) is 0 Å². The molecule has 0 radical (unpaired) electrons. The molecule has 0 aromatic carbocycles. The maximum Gasteiger partial charge on any atom is 0.242 e. The Morgan fingerprint density at radius 2 is 1.52 bits per heavy atom. The van der Waals surface area contributed by atoms with Crippen LogP contribution in [0.25, 0.3) is 0 Å². The zero-order chi connectivity index (χ0) is 16.3. The lowest BCUT2D eigenvalue weighted by molar-refractivity contribution is -0.148. The predicted octanol–water partition coefficient (Wildman–Crippen LogP) is 1.30. The largest absolute Gasteiger partial charge is 0.341 e. The fourth-order valence-electron chi connectivity index (χ4n) is 5.22. The van der Waals surface area contributed by atoms with Gasteiger partial charge in [-0.05, 0) is 36.5 Å². The summed E-state index contributed by atoms with van der Waals surface area (Å²) in [5, 5.41) is 0. The van der Waals surface area contributed by atoms with E-state index in [0.29, 0.717) is 11.8 Å². The number of hydrogen-bond acceptors (Lipinski definition) is 3. The van der Waals surface area contributed by atoms with Gasteiger partial charge in [0.15, 0.2) is 0 Å². The Morgan fingerprint density at radius 1 is 1.00 bits per heavy atom. The number of nitrogens with zero attached hydrogens (tertiary/aromatic N) is 2. The number of hydrogen-bond donors (Lipinski definition) is 0. The van der Waals surface area contributed by atoms with Gasteiger partial charge in [0, 0.05) is 13.1 Å². The van der Waals surface area contributed by atoms with Crippen molar-refractivity contribution in [2.24, 2.45) is 35.5 Å². The maximum absolute atomic E-state index is 12.6. The van der Waals surface area contributed by atoms with E-state index in [1.165, 1.54) is 4.90 Å². The van der Waals surface area contributed by atoms with Crippen LogP contribution in [0.2, 0.25) is 0 Å². The molecule has 1 saturated carbocycles. The smallest absolute Gasteiger partial charge is 0.242 e. The van der Waals surface area contributed by atoms with Crippen molar-refractivity contribution in [2.75, 3.05) is 19.6 Å². The third-order valence-electron chi connectivity index (χ3n) is 6.08. The van der Waals surface area contributed by atoms with E-state index in [9.17, 15) is 14.4 Å². The molecule has 0 aromatic heterocycles. The average Bonchev–Trinajstić information content (AvgIpc) is 3.16. The molecule has 3 amide bonds. The lowest BCUT2D eigenvalue weighted by Crippen LogP contribution is -2.48.